The van der Waals surface area contributed by atoms with E-state index < -0.39 is 6.86 Å². The van der Waals surface area contributed by atoms with E-state index in [1.54, 1.807) is 24.5 Å². The number of rotatable bonds is 2. The number of hydrogen-bond acceptors (Lipinski definition) is 1. The molecule has 0 N–H and O–H groups in total. The van der Waals surface area contributed by atoms with Gasteiger partial charge in [-0.3, -0.25) is 0 Å². The largest absolute Gasteiger partial charge is 0.297 e. The Morgan fingerprint density at radius 1 is 1.22 bits per heavy atom. The summed E-state index contributed by atoms with van der Waals surface area (Å²) in [6.07, 6.45) is 3.25. The van der Waals surface area contributed by atoms with Gasteiger partial charge in [-0.2, -0.15) is 4.39 Å². The fraction of sp³-hybridized carbons (Fsp3) is 0.167. The molecule has 1 heterocycles. The summed E-state index contributed by atoms with van der Waals surface area (Å²) >= 11 is 0. The minimum absolute atomic E-state index is 0.797. The van der Waals surface area contributed by atoms with Crippen molar-refractivity contribution in [3.8, 4) is 0 Å². The molecule has 48 valence electrons. The van der Waals surface area contributed by atoms with Crippen LogP contribution in [-0.4, -0.2) is 6.86 Å². The second-order valence-corrected chi connectivity index (χ2v) is 1.47. The first-order chi connectivity index (χ1) is 4.43. The summed E-state index contributed by atoms with van der Waals surface area (Å²) in [6.45, 7) is -0.797. The third-order valence-electron chi connectivity index (χ3n) is 0.886. The average molecular weight is 128 g/mol. The molecule has 0 spiro atoms. The minimum atomic E-state index is -0.797. The van der Waals surface area contributed by atoms with Crippen LogP contribution < -0.4 is 9.57 Å². The van der Waals surface area contributed by atoms with Gasteiger partial charge in [0.05, 0.1) is 0 Å². The van der Waals surface area contributed by atoms with E-state index in [0.29, 0.717) is 0 Å². The zero-order valence-electron chi connectivity index (χ0n) is 4.83. The molecule has 0 radical (unpaired) electrons. The van der Waals surface area contributed by atoms with Crippen LogP contribution >= 0.6 is 0 Å². The summed E-state index contributed by atoms with van der Waals surface area (Å²) < 4.78 is 12.7. The Hall–Kier alpha value is -1.12. The van der Waals surface area contributed by atoms with Crippen LogP contribution in [0.15, 0.2) is 30.6 Å². The summed E-state index contributed by atoms with van der Waals surface area (Å²) in [5.41, 5.74) is 0. The third kappa shape index (κ3) is 1.68. The summed E-state index contributed by atoms with van der Waals surface area (Å²) in [6, 6.07) is 5.35. The zero-order valence-corrected chi connectivity index (χ0v) is 4.83. The van der Waals surface area contributed by atoms with Gasteiger partial charge in [0, 0.05) is 16.9 Å². The summed E-state index contributed by atoms with van der Waals surface area (Å²) in [5.74, 6) is 0. The molecule has 0 saturated carbocycles. The van der Waals surface area contributed by atoms with Crippen molar-refractivity contribution in [3.63, 3.8) is 0 Å². The first-order valence-electron chi connectivity index (χ1n) is 2.59. The number of nitrogens with zero attached hydrogens (tertiary/aromatic N) is 1. The van der Waals surface area contributed by atoms with Gasteiger partial charge >= 0.3 is 0 Å². The topological polar surface area (TPSA) is 13.1 Å². The van der Waals surface area contributed by atoms with E-state index in [0.717, 1.165) is 0 Å². The predicted octanol–water partition coefficient (Wildman–Crippen LogP) is 0.330. The van der Waals surface area contributed by atoms with Gasteiger partial charge in [-0.25, -0.2) is 4.84 Å². The maximum absolute atomic E-state index is 11.4. The first kappa shape index (κ1) is 6.01. The Kier molecular flexibility index (Phi) is 2.01. The standard InChI is InChI=1S/C6H7FNO/c7-6-9-8-4-2-1-3-5-8/h1-5H,6H2/q+1. The Morgan fingerprint density at radius 3 is 2.44 bits per heavy atom. The van der Waals surface area contributed by atoms with Crippen molar-refractivity contribution in [2.75, 3.05) is 6.86 Å². The SMILES string of the molecule is FCO[n+]1ccccc1. The highest BCUT2D eigenvalue weighted by Crippen LogP contribution is 1.73. The van der Waals surface area contributed by atoms with Gasteiger partial charge in [0.15, 0.2) is 0 Å². The second kappa shape index (κ2) is 3.02. The highest BCUT2D eigenvalue weighted by atomic mass is 19.1. The van der Waals surface area contributed by atoms with Crippen LogP contribution in [-0.2, 0) is 0 Å². The molecular weight excluding hydrogens is 121 g/mol. The van der Waals surface area contributed by atoms with Crippen molar-refractivity contribution in [1.82, 2.24) is 0 Å². The normalized spacial score (nSPS) is 9.00. The lowest BCUT2D eigenvalue weighted by molar-refractivity contribution is -0.895. The van der Waals surface area contributed by atoms with Crippen LogP contribution in [0.1, 0.15) is 0 Å². The Bertz CT molecular complexity index is 166. The maximum atomic E-state index is 11.4. The van der Waals surface area contributed by atoms with Gasteiger partial charge in [-0.05, 0) is 0 Å². The maximum Gasteiger partial charge on any atom is 0.297 e. The van der Waals surface area contributed by atoms with Gasteiger partial charge in [0.25, 0.3) is 6.86 Å². The molecule has 0 amide bonds. The fourth-order valence-electron chi connectivity index (χ4n) is 0.525. The number of halogens is 1. The summed E-state index contributed by atoms with van der Waals surface area (Å²) in [5, 5.41) is 0. The van der Waals surface area contributed by atoms with E-state index in [1.165, 1.54) is 4.73 Å². The molecule has 0 aliphatic carbocycles. The molecule has 0 aliphatic rings. The van der Waals surface area contributed by atoms with E-state index in [1.807, 2.05) is 6.07 Å². The molecule has 0 fully saturated rings. The molecule has 0 aliphatic heterocycles. The van der Waals surface area contributed by atoms with Crippen LogP contribution in [0.25, 0.3) is 0 Å². The van der Waals surface area contributed by atoms with E-state index in [4.69, 9.17) is 0 Å². The highest BCUT2D eigenvalue weighted by Gasteiger charge is 1.93. The van der Waals surface area contributed by atoms with E-state index in [2.05, 4.69) is 4.84 Å². The minimum Gasteiger partial charge on any atom is -0.238 e. The van der Waals surface area contributed by atoms with Gasteiger partial charge < -0.3 is 0 Å². The molecule has 0 unspecified atom stereocenters. The van der Waals surface area contributed by atoms with Gasteiger partial charge in [0.1, 0.15) is 0 Å². The molecule has 1 aromatic heterocycles. The molecule has 0 bridgehead atoms. The number of pyridine rings is 1. The lowest BCUT2D eigenvalue weighted by Gasteiger charge is -1.87. The number of hydrogen-bond donors (Lipinski definition) is 0. The van der Waals surface area contributed by atoms with E-state index >= 15 is 0 Å². The van der Waals surface area contributed by atoms with Crippen LogP contribution in [0.4, 0.5) is 4.39 Å². The molecule has 0 saturated heterocycles. The lowest BCUT2D eigenvalue weighted by atomic mass is 10.5. The smallest absolute Gasteiger partial charge is 0.238 e. The number of aromatic nitrogens is 1. The Labute approximate surface area is 52.5 Å². The van der Waals surface area contributed by atoms with Crippen molar-refractivity contribution < 1.29 is 14.0 Å². The molecule has 1 aromatic rings. The molecule has 1 rings (SSSR count). The Morgan fingerprint density at radius 2 is 1.89 bits per heavy atom. The van der Waals surface area contributed by atoms with Gasteiger partial charge in [-0.15, -0.1) is 0 Å². The lowest BCUT2D eigenvalue weighted by Crippen LogP contribution is -2.41. The summed E-state index contributed by atoms with van der Waals surface area (Å²) in [4.78, 5) is 4.46. The van der Waals surface area contributed by atoms with Crippen molar-refractivity contribution in [2.24, 2.45) is 0 Å². The molecule has 3 heteroatoms. The average Bonchev–Trinajstić information content (AvgIpc) is 1.91. The second-order valence-electron chi connectivity index (χ2n) is 1.47. The monoisotopic (exact) mass is 128 g/mol. The van der Waals surface area contributed by atoms with Gasteiger partial charge in [-0.1, -0.05) is 6.07 Å². The van der Waals surface area contributed by atoms with Gasteiger partial charge in [0.2, 0.25) is 12.4 Å². The third-order valence-corrected chi connectivity index (χ3v) is 0.886. The molecule has 9 heavy (non-hydrogen) atoms. The zero-order chi connectivity index (χ0) is 6.53. The van der Waals surface area contributed by atoms with Crippen molar-refractivity contribution in [1.29, 1.82) is 0 Å². The highest BCUT2D eigenvalue weighted by molar-refractivity contribution is 4.83. The van der Waals surface area contributed by atoms with E-state index in [-0.39, 0.29) is 0 Å². The van der Waals surface area contributed by atoms with Crippen LogP contribution in [0, 0.1) is 0 Å². The molecule has 2 nitrogen and oxygen atoms in total. The molecule has 0 atom stereocenters. The van der Waals surface area contributed by atoms with Crippen LogP contribution in [0.5, 0.6) is 0 Å². The van der Waals surface area contributed by atoms with Crippen molar-refractivity contribution in [3.05, 3.63) is 30.6 Å². The fourth-order valence-corrected chi connectivity index (χ4v) is 0.525. The van der Waals surface area contributed by atoms with Crippen molar-refractivity contribution in [2.45, 2.75) is 0 Å². The Balaban J connectivity index is 2.61. The molecule has 0 aromatic carbocycles. The van der Waals surface area contributed by atoms with E-state index in [9.17, 15) is 4.39 Å². The van der Waals surface area contributed by atoms with Crippen molar-refractivity contribution >= 4 is 0 Å². The van der Waals surface area contributed by atoms with Crippen LogP contribution in [0.2, 0.25) is 0 Å². The quantitative estimate of drug-likeness (QED) is 0.523. The first-order valence-corrected chi connectivity index (χ1v) is 2.59. The summed E-state index contributed by atoms with van der Waals surface area (Å²) in [7, 11) is 0. The number of alkyl halides is 1. The van der Waals surface area contributed by atoms with Crippen LogP contribution in [0.3, 0.4) is 0 Å². The predicted molar refractivity (Wildman–Crippen MR) is 29.2 cm³/mol. The molecular formula is C6H7FNO+.